The molecule has 0 atom stereocenters. The number of aryl methyl sites for hydroxylation is 1. The highest BCUT2D eigenvalue weighted by Gasteiger charge is 2.36. The van der Waals surface area contributed by atoms with E-state index >= 15 is 0 Å². The molecule has 0 aliphatic carbocycles. The quantitative estimate of drug-likeness (QED) is 0.492. The van der Waals surface area contributed by atoms with Crippen LogP contribution in [0.1, 0.15) is 25.1 Å². The molecular formula is C25H23N5O2. The second-order valence-corrected chi connectivity index (χ2v) is 8.06. The fraction of sp³-hybridized carbons (Fsp3) is 0.200. The molecule has 1 aromatic heterocycles. The Morgan fingerprint density at radius 2 is 1.81 bits per heavy atom. The van der Waals surface area contributed by atoms with Crippen LogP contribution < -0.4 is 10.2 Å². The van der Waals surface area contributed by atoms with Gasteiger partial charge in [-0.2, -0.15) is 10.4 Å². The Bertz CT molecular complexity index is 1260. The summed E-state index contributed by atoms with van der Waals surface area (Å²) >= 11 is 0. The number of aromatic nitrogens is 2. The lowest BCUT2D eigenvalue weighted by Crippen LogP contribution is -2.31. The van der Waals surface area contributed by atoms with Gasteiger partial charge in [0.1, 0.15) is 17.5 Å². The predicted octanol–water partition coefficient (Wildman–Crippen LogP) is 4.10. The van der Waals surface area contributed by atoms with Gasteiger partial charge in [-0.15, -0.1) is 0 Å². The largest absolute Gasteiger partial charge is 0.307 e. The van der Waals surface area contributed by atoms with E-state index in [0.717, 1.165) is 5.69 Å². The number of nitrogens with one attached hydrogen (secondary N) is 1. The summed E-state index contributed by atoms with van der Waals surface area (Å²) in [6, 6.07) is 20.3. The van der Waals surface area contributed by atoms with Crippen LogP contribution in [0.25, 0.3) is 11.3 Å². The molecule has 2 amide bonds. The van der Waals surface area contributed by atoms with Gasteiger partial charge >= 0.3 is 0 Å². The summed E-state index contributed by atoms with van der Waals surface area (Å²) in [4.78, 5) is 28.1. The maximum atomic E-state index is 13.3. The average Bonchev–Trinajstić information content (AvgIpc) is 3.27. The zero-order chi connectivity index (χ0) is 22.8. The number of carbonyl (C=O) groups is 2. The SMILES string of the molecule is Cc1cc(NC(=O)C(C#N)=C2C(=O)N(CC(C)C)c3ccccc32)n(-c2ccccc2)n1. The number of nitriles is 1. The summed E-state index contributed by atoms with van der Waals surface area (Å²) in [5.74, 6) is -0.327. The predicted molar refractivity (Wildman–Crippen MR) is 123 cm³/mol. The van der Waals surface area contributed by atoms with Gasteiger partial charge in [0, 0.05) is 18.2 Å². The lowest BCUT2D eigenvalue weighted by molar-refractivity contribution is -0.114. The molecule has 0 saturated heterocycles. The van der Waals surface area contributed by atoms with Gasteiger partial charge in [-0.25, -0.2) is 4.68 Å². The van der Waals surface area contributed by atoms with E-state index in [1.807, 2.05) is 69.3 Å². The van der Waals surface area contributed by atoms with Gasteiger partial charge in [-0.05, 0) is 31.0 Å². The molecule has 7 heteroatoms. The van der Waals surface area contributed by atoms with Gasteiger partial charge in [0.25, 0.3) is 11.8 Å². The van der Waals surface area contributed by atoms with Crippen LogP contribution in [-0.2, 0) is 9.59 Å². The van der Waals surface area contributed by atoms with E-state index in [4.69, 9.17) is 0 Å². The molecule has 3 aromatic rings. The fourth-order valence-electron chi connectivity index (χ4n) is 3.82. The van der Waals surface area contributed by atoms with Crippen molar-refractivity contribution in [2.24, 2.45) is 5.92 Å². The number of hydrogen-bond acceptors (Lipinski definition) is 4. The lowest BCUT2D eigenvalue weighted by Gasteiger charge is -2.19. The molecule has 1 aliphatic heterocycles. The second kappa shape index (κ2) is 8.52. The van der Waals surface area contributed by atoms with Gasteiger partial charge < -0.3 is 10.2 Å². The molecule has 0 saturated carbocycles. The Morgan fingerprint density at radius 1 is 1.12 bits per heavy atom. The third-order valence-electron chi connectivity index (χ3n) is 5.13. The molecule has 0 spiro atoms. The first-order valence-corrected chi connectivity index (χ1v) is 10.4. The second-order valence-electron chi connectivity index (χ2n) is 8.06. The van der Waals surface area contributed by atoms with Crippen LogP contribution >= 0.6 is 0 Å². The number of fused-ring (bicyclic) bond motifs is 1. The van der Waals surface area contributed by atoms with Crippen LogP contribution in [0.3, 0.4) is 0 Å². The zero-order valence-electron chi connectivity index (χ0n) is 18.2. The van der Waals surface area contributed by atoms with E-state index in [2.05, 4.69) is 10.4 Å². The highest BCUT2D eigenvalue weighted by atomic mass is 16.2. The van der Waals surface area contributed by atoms with Crippen molar-refractivity contribution in [3.8, 4) is 11.8 Å². The van der Waals surface area contributed by atoms with Crippen molar-refractivity contribution in [1.29, 1.82) is 5.26 Å². The number of carbonyl (C=O) groups excluding carboxylic acids is 2. The van der Waals surface area contributed by atoms with Crippen LogP contribution in [0.4, 0.5) is 11.5 Å². The number of amides is 2. The summed E-state index contributed by atoms with van der Waals surface area (Å²) in [6.45, 7) is 6.35. The molecule has 160 valence electrons. The highest BCUT2D eigenvalue weighted by Crippen LogP contribution is 2.39. The minimum Gasteiger partial charge on any atom is -0.307 e. The topological polar surface area (TPSA) is 91.0 Å². The molecule has 2 aromatic carbocycles. The van der Waals surface area contributed by atoms with Crippen molar-refractivity contribution in [3.05, 3.63) is 77.5 Å². The Labute approximate surface area is 186 Å². The zero-order valence-corrected chi connectivity index (χ0v) is 18.2. The minimum absolute atomic E-state index is 0.128. The van der Waals surface area contributed by atoms with Crippen LogP contribution in [0.15, 0.2) is 66.2 Å². The summed E-state index contributed by atoms with van der Waals surface area (Å²) in [5, 5.41) is 17.1. The Hall–Kier alpha value is -4.18. The average molecular weight is 425 g/mol. The molecule has 2 heterocycles. The van der Waals surface area contributed by atoms with E-state index in [0.29, 0.717) is 29.3 Å². The summed E-state index contributed by atoms with van der Waals surface area (Å²) in [6.07, 6.45) is 0. The molecule has 0 radical (unpaired) electrons. The van der Waals surface area contributed by atoms with Crippen molar-refractivity contribution >= 4 is 28.9 Å². The smallest absolute Gasteiger partial charge is 0.268 e. The summed E-state index contributed by atoms with van der Waals surface area (Å²) < 4.78 is 1.60. The van der Waals surface area contributed by atoms with Crippen LogP contribution in [-0.4, -0.2) is 28.1 Å². The number of anilines is 2. The first-order valence-electron chi connectivity index (χ1n) is 10.4. The van der Waals surface area contributed by atoms with Gasteiger partial charge in [0.05, 0.1) is 22.6 Å². The highest BCUT2D eigenvalue weighted by molar-refractivity contribution is 6.37. The number of para-hydroxylation sites is 2. The third kappa shape index (κ3) is 3.79. The van der Waals surface area contributed by atoms with Gasteiger partial charge in [0.2, 0.25) is 0 Å². The molecule has 0 fully saturated rings. The van der Waals surface area contributed by atoms with E-state index in [-0.39, 0.29) is 23.0 Å². The monoisotopic (exact) mass is 425 g/mol. The number of hydrogen-bond donors (Lipinski definition) is 1. The molecule has 1 N–H and O–H groups in total. The number of benzene rings is 2. The van der Waals surface area contributed by atoms with Gasteiger partial charge in [0.15, 0.2) is 0 Å². The normalized spacial score (nSPS) is 14.3. The Kier molecular flexibility index (Phi) is 5.61. The number of rotatable bonds is 5. The summed E-state index contributed by atoms with van der Waals surface area (Å²) in [5.41, 5.74) is 2.70. The summed E-state index contributed by atoms with van der Waals surface area (Å²) in [7, 11) is 0. The molecule has 0 bridgehead atoms. The van der Waals surface area contributed by atoms with Crippen molar-refractivity contribution in [2.75, 3.05) is 16.8 Å². The van der Waals surface area contributed by atoms with Crippen LogP contribution in [0.5, 0.6) is 0 Å². The molecule has 32 heavy (non-hydrogen) atoms. The van der Waals surface area contributed by atoms with E-state index in [1.54, 1.807) is 27.8 Å². The van der Waals surface area contributed by atoms with Crippen LogP contribution in [0, 0.1) is 24.2 Å². The molecular weight excluding hydrogens is 402 g/mol. The molecule has 1 aliphatic rings. The standard InChI is InChI=1S/C25H23N5O2/c1-16(2)15-29-21-12-8-7-11-19(21)23(25(29)32)20(14-26)24(31)27-22-13-17(3)28-30(22)18-9-5-4-6-10-18/h4-13,16H,15H2,1-3H3,(H,27,31). The minimum atomic E-state index is -0.644. The van der Waals surface area contributed by atoms with E-state index in [9.17, 15) is 14.9 Å². The lowest BCUT2D eigenvalue weighted by atomic mass is 10.0. The van der Waals surface area contributed by atoms with Crippen molar-refractivity contribution < 1.29 is 9.59 Å². The Balaban J connectivity index is 1.75. The molecule has 0 unspecified atom stereocenters. The van der Waals surface area contributed by atoms with Crippen molar-refractivity contribution in [1.82, 2.24) is 9.78 Å². The van der Waals surface area contributed by atoms with Crippen LogP contribution in [0.2, 0.25) is 0 Å². The first kappa shape index (κ1) is 21.1. The van der Waals surface area contributed by atoms with Crippen molar-refractivity contribution in [2.45, 2.75) is 20.8 Å². The number of nitrogens with zero attached hydrogens (tertiary/aromatic N) is 4. The Morgan fingerprint density at radius 3 is 2.50 bits per heavy atom. The van der Waals surface area contributed by atoms with E-state index in [1.165, 1.54) is 0 Å². The third-order valence-corrected chi connectivity index (χ3v) is 5.13. The molecule has 4 rings (SSSR count). The fourth-order valence-corrected chi connectivity index (χ4v) is 3.82. The van der Waals surface area contributed by atoms with E-state index < -0.39 is 5.91 Å². The first-order chi connectivity index (χ1) is 15.4. The van der Waals surface area contributed by atoms with Gasteiger partial charge in [-0.3, -0.25) is 9.59 Å². The van der Waals surface area contributed by atoms with Gasteiger partial charge in [-0.1, -0.05) is 50.2 Å². The van der Waals surface area contributed by atoms with Crippen molar-refractivity contribution in [3.63, 3.8) is 0 Å². The maximum Gasteiger partial charge on any atom is 0.268 e. The maximum absolute atomic E-state index is 13.3. The molecule has 7 nitrogen and oxygen atoms in total.